The summed E-state index contributed by atoms with van der Waals surface area (Å²) in [4.78, 5) is 3.88. The summed E-state index contributed by atoms with van der Waals surface area (Å²) in [6, 6.07) is 0. The summed E-state index contributed by atoms with van der Waals surface area (Å²) in [5.74, 6) is 0. The molecule has 0 aliphatic carbocycles. The van der Waals surface area contributed by atoms with Gasteiger partial charge in [0.25, 0.3) is 0 Å². The van der Waals surface area contributed by atoms with E-state index in [1.54, 1.807) is 0 Å². The fourth-order valence-electron chi connectivity index (χ4n) is 0.199. The second-order valence-electron chi connectivity index (χ2n) is 1.14. The molecule has 1 atom stereocenters. The van der Waals surface area contributed by atoms with Crippen molar-refractivity contribution in [3.05, 3.63) is 0 Å². The highest BCUT2D eigenvalue weighted by molar-refractivity contribution is 14.1. The molecule has 0 aliphatic rings. The van der Waals surface area contributed by atoms with Gasteiger partial charge in [0.15, 0.2) is 0 Å². The molecule has 1 unspecified atom stereocenters. The van der Waals surface area contributed by atoms with E-state index in [0.29, 0.717) is 4.05 Å². The van der Waals surface area contributed by atoms with Crippen molar-refractivity contribution in [1.82, 2.24) is 0 Å². The van der Waals surface area contributed by atoms with Crippen molar-refractivity contribution in [3.8, 4) is 0 Å². The lowest BCUT2D eigenvalue weighted by Crippen LogP contribution is -1.95. The van der Waals surface area contributed by atoms with Crippen molar-refractivity contribution < 1.29 is 0 Å². The zero-order valence-electron chi connectivity index (χ0n) is 4.26. The Kier molecular flexibility index (Phi) is 4.49. The predicted octanol–water partition coefficient (Wildman–Crippen LogP) is 1.14. The van der Waals surface area contributed by atoms with E-state index >= 15 is 0 Å². The Bertz CT molecular complexity index is 62.7. The molecule has 0 spiro atoms. The molecule has 0 aromatic heterocycles. The molecule has 0 rings (SSSR count). The number of alkyl halides is 1. The van der Waals surface area contributed by atoms with E-state index in [4.69, 9.17) is 5.73 Å². The van der Waals surface area contributed by atoms with E-state index in [-0.39, 0.29) is 0 Å². The summed E-state index contributed by atoms with van der Waals surface area (Å²) in [7, 11) is 0. The van der Waals surface area contributed by atoms with Crippen LogP contribution in [-0.4, -0.2) is 10.4 Å². The van der Waals surface area contributed by atoms with E-state index in [2.05, 4.69) is 34.5 Å². The monoisotopic (exact) mass is 212 g/mol. The van der Waals surface area contributed by atoms with Crippen molar-refractivity contribution in [2.45, 2.75) is 17.4 Å². The minimum absolute atomic E-state index is 0.364. The number of hydrogen-bond acceptors (Lipinski definition) is 1. The summed E-state index contributed by atoms with van der Waals surface area (Å²) < 4.78 is 0.364. The van der Waals surface area contributed by atoms with Crippen LogP contribution in [0, 0.1) is 0 Å². The molecule has 0 radical (unpaired) electrons. The molecule has 3 heteroatoms. The van der Waals surface area contributed by atoms with Crippen LogP contribution in [0.1, 0.15) is 13.3 Å². The Labute approximate surface area is 57.3 Å². The number of nitrogens with two attached hydrogens (primary N) is 1. The molecule has 0 saturated carbocycles. The maximum atomic E-state index is 5.01. The van der Waals surface area contributed by atoms with Gasteiger partial charge in [0.2, 0.25) is 0 Å². The molecule has 0 saturated heterocycles. The van der Waals surface area contributed by atoms with Gasteiger partial charge in [0.1, 0.15) is 4.05 Å². The molecule has 2 nitrogen and oxygen atoms in total. The van der Waals surface area contributed by atoms with Crippen molar-refractivity contribution in [2.75, 3.05) is 0 Å². The first-order valence-electron chi connectivity index (χ1n) is 2.18. The van der Waals surface area contributed by atoms with Crippen LogP contribution >= 0.6 is 22.6 Å². The number of nitrogens with zero attached hydrogens (tertiary/aromatic N) is 1. The van der Waals surface area contributed by atoms with Gasteiger partial charge in [-0.15, -0.1) is 0 Å². The van der Waals surface area contributed by atoms with Crippen LogP contribution in [-0.2, 0) is 0 Å². The predicted molar refractivity (Wildman–Crippen MR) is 40.8 cm³/mol. The second kappa shape index (κ2) is 4.36. The molecule has 0 heterocycles. The molecule has 0 aromatic rings. The summed E-state index contributed by atoms with van der Waals surface area (Å²) >= 11 is 2.23. The maximum Gasteiger partial charge on any atom is 0.102 e. The average Bonchev–Trinajstić information content (AvgIpc) is 1.68. The second-order valence-corrected chi connectivity index (χ2v) is 2.58. The first-order valence-corrected chi connectivity index (χ1v) is 3.43. The molecule has 0 amide bonds. The minimum atomic E-state index is 0.364. The largest absolute Gasteiger partial charge is 0.390 e. The Morgan fingerprint density at radius 1 is 2.00 bits per heavy atom. The molecule has 0 aromatic carbocycles. The summed E-state index contributed by atoms with van der Waals surface area (Å²) in [6.45, 7) is 2.07. The van der Waals surface area contributed by atoms with Crippen molar-refractivity contribution in [1.29, 1.82) is 0 Å². The van der Waals surface area contributed by atoms with Crippen LogP contribution in [0.2, 0.25) is 0 Å². The topological polar surface area (TPSA) is 38.4 Å². The third kappa shape index (κ3) is 4.04. The Hall–Kier alpha value is 0.200. The molecular formula is C4H9IN2. The molecule has 2 N–H and O–H groups in total. The van der Waals surface area contributed by atoms with E-state index in [1.807, 2.05) is 0 Å². The van der Waals surface area contributed by atoms with Gasteiger partial charge in [-0.3, -0.25) is 4.99 Å². The number of hydrogen-bond donors (Lipinski definition) is 1. The van der Waals surface area contributed by atoms with Gasteiger partial charge < -0.3 is 5.73 Å². The standard InChI is InChI=1S/C4H9IN2/c1-2-4(5)7-3-6/h3-4H,2H2,1H3,(H2,6,7). The lowest BCUT2D eigenvalue weighted by atomic mass is 10.5. The van der Waals surface area contributed by atoms with E-state index in [1.165, 1.54) is 6.34 Å². The first kappa shape index (κ1) is 7.20. The van der Waals surface area contributed by atoms with Crippen LogP contribution in [0.25, 0.3) is 0 Å². The van der Waals surface area contributed by atoms with Gasteiger partial charge >= 0.3 is 0 Å². The molecule has 7 heavy (non-hydrogen) atoms. The molecule has 0 fully saturated rings. The third-order valence-corrected chi connectivity index (χ3v) is 1.79. The highest BCUT2D eigenvalue weighted by Crippen LogP contribution is 2.03. The first-order chi connectivity index (χ1) is 3.31. The summed E-state index contributed by atoms with van der Waals surface area (Å²) in [5, 5.41) is 0. The number of halogens is 1. The van der Waals surface area contributed by atoms with E-state index < -0.39 is 0 Å². The maximum absolute atomic E-state index is 5.01. The van der Waals surface area contributed by atoms with Gasteiger partial charge in [0, 0.05) is 0 Å². The summed E-state index contributed by atoms with van der Waals surface area (Å²) in [5.41, 5.74) is 5.01. The molecular weight excluding hydrogens is 203 g/mol. The third-order valence-electron chi connectivity index (χ3n) is 0.585. The fourth-order valence-corrected chi connectivity index (χ4v) is 0.384. The van der Waals surface area contributed by atoms with Gasteiger partial charge in [0.05, 0.1) is 6.34 Å². The van der Waals surface area contributed by atoms with Crippen LogP contribution in [0.5, 0.6) is 0 Å². The summed E-state index contributed by atoms with van der Waals surface area (Å²) in [6.07, 6.45) is 2.40. The van der Waals surface area contributed by atoms with Gasteiger partial charge in [-0.2, -0.15) is 0 Å². The number of rotatable bonds is 2. The lowest BCUT2D eigenvalue weighted by molar-refractivity contribution is 0.904. The van der Waals surface area contributed by atoms with Gasteiger partial charge in [-0.25, -0.2) is 0 Å². The SMILES string of the molecule is CCC(I)N=CN. The molecule has 0 bridgehead atoms. The quantitative estimate of drug-likeness (QED) is 0.241. The molecule has 42 valence electrons. The lowest BCUT2D eigenvalue weighted by Gasteiger charge is -1.93. The van der Waals surface area contributed by atoms with Gasteiger partial charge in [-0.1, -0.05) is 29.5 Å². The number of aliphatic imine (C=N–C) groups is 1. The highest BCUT2D eigenvalue weighted by atomic mass is 127. The zero-order chi connectivity index (χ0) is 5.70. The van der Waals surface area contributed by atoms with Crippen LogP contribution in [0.3, 0.4) is 0 Å². The van der Waals surface area contributed by atoms with Crippen LogP contribution in [0.4, 0.5) is 0 Å². The highest BCUT2D eigenvalue weighted by Gasteiger charge is 1.89. The van der Waals surface area contributed by atoms with Crippen molar-refractivity contribution in [2.24, 2.45) is 10.7 Å². The Morgan fingerprint density at radius 3 is 2.71 bits per heavy atom. The average molecular weight is 212 g/mol. The van der Waals surface area contributed by atoms with Crippen molar-refractivity contribution >= 4 is 28.9 Å². The Morgan fingerprint density at radius 2 is 2.57 bits per heavy atom. The zero-order valence-corrected chi connectivity index (χ0v) is 6.42. The van der Waals surface area contributed by atoms with E-state index in [9.17, 15) is 0 Å². The van der Waals surface area contributed by atoms with Crippen LogP contribution < -0.4 is 5.73 Å². The normalized spacial score (nSPS) is 15.1. The van der Waals surface area contributed by atoms with E-state index in [0.717, 1.165) is 6.42 Å². The fraction of sp³-hybridized carbons (Fsp3) is 0.750. The minimum Gasteiger partial charge on any atom is -0.390 e. The van der Waals surface area contributed by atoms with Crippen molar-refractivity contribution in [3.63, 3.8) is 0 Å². The Balaban J connectivity index is 3.16. The smallest absolute Gasteiger partial charge is 0.102 e. The van der Waals surface area contributed by atoms with Gasteiger partial charge in [-0.05, 0) is 6.42 Å². The molecule has 0 aliphatic heterocycles. The van der Waals surface area contributed by atoms with Crippen LogP contribution in [0.15, 0.2) is 4.99 Å².